The van der Waals surface area contributed by atoms with Crippen LogP contribution in [0, 0.1) is 17.0 Å². The molecule has 2 rings (SSSR count). The molecule has 0 aliphatic rings. The second-order valence-electron chi connectivity index (χ2n) is 5.63. The fourth-order valence-electron chi connectivity index (χ4n) is 2.20. The molecule has 9 nitrogen and oxygen atoms in total. The van der Waals surface area contributed by atoms with E-state index in [-0.39, 0.29) is 27.5 Å². The SMILES string of the molecule is Cc1c([N+](=O)[O-])cccc1S(=O)(=O)Nc1ccccc1NC(=O)N(C)C. The molecule has 0 aliphatic carbocycles. The molecular weight excluding hydrogens is 360 g/mol. The minimum atomic E-state index is -4.10. The summed E-state index contributed by atoms with van der Waals surface area (Å²) in [6.07, 6.45) is 0. The van der Waals surface area contributed by atoms with E-state index >= 15 is 0 Å². The van der Waals surface area contributed by atoms with Crippen molar-refractivity contribution in [2.45, 2.75) is 11.8 Å². The van der Waals surface area contributed by atoms with E-state index in [1.807, 2.05) is 0 Å². The van der Waals surface area contributed by atoms with Gasteiger partial charge in [-0.15, -0.1) is 0 Å². The lowest BCUT2D eigenvalue weighted by molar-refractivity contribution is -0.385. The molecule has 2 N–H and O–H groups in total. The van der Waals surface area contributed by atoms with E-state index in [4.69, 9.17) is 0 Å². The van der Waals surface area contributed by atoms with Crippen molar-refractivity contribution < 1.29 is 18.1 Å². The summed E-state index contributed by atoms with van der Waals surface area (Å²) in [5.41, 5.74) is 0.147. The summed E-state index contributed by atoms with van der Waals surface area (Å²) in [5.74, 6) is 0. The Labute approximate surface area is 150 Å². The second kappa shape index (κ2) is 7.40. The maximum Gasteiger partial charge on any atom is 0.321 e. The van der Waals surface area contributed by atoms with Crippen molar-refractivity contribution in [1.82, 2.24) is 4.90 Å². The lowest BCUT2D eigenvalue weighted by Gasteiger charge is -2.16. The molecule has 2 aromatic rings. The lowest BCUT2D eigenvalue weighted by Crippen LogP contribution is -2.28. The summed E-state index contributed by atoms with van der Waals surface area (Å²) in [6.45, 7) is 1.37. The van der Waals surface area contributed by atoms with Crippen molar-refractivity contribution in [1.29, 1.82) is 0 Å². The van der Waals surface area contributed by atoms with Gasteiger partial charge < -0.3 is 10.2 Å². The number of rotatable bonds is 5. The fourth-order valence-corrected chi connectivity index (χ4v) is 3.54. The molecule has 0 aliphatic heterocycles. The topological polar surface area (TPSA) is 122 Å². The van der Waals surface area contributed by atoms with Gasteiger partial charge in [0, 0.05) is 25.7 Å². The van der Waals surface area contributed by atoms with Gasteiger partial charge in [-0.1, -0.05) is 18.2 Å². The largest absolute Gasteiger partial charge is 0.331 e. The third kappa shape index (κ3) is 4.09. The first-order valence-electron chi connectivity index (χ1n) is 7.47. The highest BCUT2D eigenvalue weighted by atomic mass is 32.2. The number of sulfonamides is 1. The number of hydrogen-bond acceptors (Lipinski definition) is 5. The van der Waals surface area contributed by atoms with Gasteiger partial charge in [-0.25, -0.2) is 13.2 Å². The fraction of sp³-hybridized carbons (Fsp3) is 0.188. The van der Waals surface area contributed by atoms with E-state index in [9.17, 15) is 23.3 Å². The Kier molecular flexibility index (Phi) is 5.46. The molecule has 0 fully saturated rings. The van der Waals surface area contributed by atoms with Crippen LogP contribution in [-0.4, -0.2) is 38.4 Å². The number of carbonyl (C=O) groups excluding carboxylic acids is 1. The summed E-state index contributed by atoms with van der Waals surface area (Å²) >= 11 is 0. The highest BCUT2D eigenvalue weighted by Crippen LogP contribution is 2.29. The van der Waals surface area contributed by atoms with Gasteiger partial charge in [0.25, 0.3) is 15.7 Å². The number of para-hydroxylation sites is 2. The molecule has 10 heteroatoms. The van der Waals surface area contributed by atoms with Crippen molar-refractivity contribution in [2.75, 3.05) is 24.1 Å². The molecule has 0 unspecified atom stereocenters. The van der Waals surface area contributed by atoms with Crippen LogP contribution in [0.4, 0.5) is 21.9 Å². The van der Waals surface area contributed by atoms with Crippen LogP contribution in [0.1, 0.15) is 5.56 Å². The number of nitro groups is 1. The zero-order chi connectivity index (χ0) is 19.5. The van der Waals surface area contributed by atoms with E-state index in [1.54, 1.807) is 32.3 Å². The Hall–Kier alpha value is -3.14. The Bertz CT molecular complexity index is 957. The quantitative estimate of drug-likeness (QED) is 0.612. The number of anilines is 2. The number of nitrogens with one attached hydrogen (secondary N) is 2. The Balaban J connectivity index is 2.41. The minimum absolute atomic E-state index is 0.0276. The second-order valence-corrected chi connectivity index (χ2v) is 7.28. The number of amides is 2. The Morgan fingerprint density at radius 1 is 1.08 bits per heavy atom. The summed E-state index contributed by atoms with van der Waals surface area (Å²) in [6, 6.07) is 9.66. The van der Waals surface area contributed by atoms with Gasteiger partial charge in [-0.3, -0.25) is 14.8 Å². The van der Waals surface area contributed by atoms with Crippen molar-refractivity contribution >= 4 is 33.1 Å². The van der Waals surface area contributed by atoms with Crippen LogP contribution in [-0.2, 0) is 10.0 Å². The number of urea groups is 1. The zero-order valence-corrected chi connectivity index (χ0v) is 15.2. The smallest absolute Gasteiger partial charge is 0.321 e. The van der Waals surface area contributed by atoms with Crippen molar-refractivity contribution in [2.24, 2.45) is 0 Å². The highest BCUT2D eigenvalue weighted by Gasteiger charge is 2.24. The standard InChI is InChI=1S/C16H18N4O5S/c1-11-14(20(22)23)9-6-10-15(11)26(24,25)18-13-8-5-4-7-12(13)17-16(21)19(2)3/h4-10,18H,1-3H3,(H,17,21). The third-order valence-electron chi connectivity index (χ3n) is 3.56. The van der Waals surface area contributed by atoms with E-state index in [1.165, 1.54) is 36.1 Å². The summed E-state index contributed by atoms with van der Waals surface area (Å²) in [4.78, 5) is 23.3. The monoisotopic (exact) mass is 378 g/mol. The molecule has 0 heterocycles. The molecule has 0 atom stereocenters. The molecule has 0 saturated heterocycles. The molecule has 2 aromatic carbocycles. The molecule has 2 amide bonds. The van der Waals surface area contributed by atoms with Crippen molar-refractivity contribution in [3.63, 3.8) is 0 Å². The molecule has 0 saturated carbocycles. The van der Waals surface area contributed by atoms with Gasteiger partial charge in [0.1, 0.15) is 0 Å². The van der Waals surface area contributed by atoms with Crippen LogP contribution in [0.25, 0.3) is 0 Å². The van der Waals surface area contributed by atoms with E-state index < -0.39 is 21.0 Å². The van der Waals surface area contributed by atoms with E-state index in [0.29, 0.717) is 0 Å². The van der Waals surface area contributed by atoms with Crippen LogP contribution in [0.5, 0.6) is 0 Å². The normalized spacial score (nSPS) is 10.9. The summed E-state index contributed by atoms with van der Waals surface area (Å²) in [5, 5.41) is 13.6. The van der Waals surface area contributed by atoms with Crippen molar-refractivity contribution in [3.8, 4) is 0 Å². The molecule has 138 valence electrons. The van der Waals surface area contributed by atoms with Crippen LogP contribution >= 0.6 is 0 Å². The average Bonchev–Trinajstić information content (AvgIpc) is 2.56. The maximum atomic E-state index is 12.7. The van der Waals surface area contributed by atoms with Gasteiger partial charge in [-0.05, 0) is 25.1 Å². The summed E-state index contributed by atoms with van der Waals surface area (Å²) in [7, 11) is -0.998. The molecular formula is C16H18N4O5S. The van der Waals surface area contributed by atoms with Crippen LogP contribution in [0.15, 0.2) is 47.4 Å². The first-order chi connectivity index (χ1) is 12.1. The minimum Gasteiger partial charge on any atom is -0.331 e. The van der Waals surface area contributed by atoms with Gasteiger partial charge in [0.05, 0.1) is 21.2 Å². The van der Waals surface area contributed by atoms with Crippen LogP contribution in [0.3, 0.4) is 0 Å². The molecule has 0 aromatic heterocycles. The molecule has 26 heavy (non-hydrogen) atoms. The molecule has 0 radical (unpaired) electrons. The number of nitro benzene ring substituents is 1. The zero-order valence-electron chi connectivity index (χ0n) is 14.4. The predicted octanol–water partition coefficient (Wildman–Crippen LogP) is 2.80. The lowest BCUT2D eigenvalue weighted by atomic mass is 10.2. The number of hydrogen-bond donors (Lipinski definition) is 2. The van der Waals surface area contributed by atoms with Gasteiger partial charge in [0.2, 0.25) is 0 Å². The van der Waals surface area contributed by atoms with Crippen molar-refractivity contribution in [3.05, 3.63) is 58.1 Å². The van der Waals surface area contributed by atoms with Crippen LogP contribution in [0.2, 0.25) is 0 Å². The third-order valence-corrected chi connectivity index (χ3v) is 5.07. The summed E-state index contributed by atoms with van der Waals surface area (Å²) < 4.78 is 27.8. The number of carbonyl (C=O) groups is 1. The number of nitrogens with zero attached hydrogens (tertiary/aromatic N) is 2. The van der Waals surface area contributed by atoms with Gasteiger partial charge in [0.15, 0.2) is 0 Å². The first-order valence-corrected chi connectivity index (χ1v) is 8.96. The van der Waals surface area contributed by atoms with Crippen LogP contribution < -0.4 is 10.0 Å². The van der Waals surface area contributed by atoms with E-state index in [2.05, 4.69) is 10.0 Å². The highest BCUT2D eigenvalue weighted by molar-refractivity contribution is 7.92. The van der Waals surface area contributed by atoms with Gasteiger partial charge >= 0.3 is 6.03 Å². The maximum absolute atomic E-state index is 12.7. The van der Waals surface area contributed by atoms with E-state index in [0.717, 1.165) is 0 Å². The Morgan fingerprint density at radius 3 is 2.27 bits per heavy atom. The predicted molar refractivity (Wildman–Crippen MR) is 97.8 cm³/mol. The molecule has 0 spiro atoms. The first kappa shape index (κ1) is 19.2. The number of benzene rings is 2. The Morgan fingerprint density at radius 2 is 1.69 bits per heavy atom. The van der Waals surface area contributed by atoms with Gasteiger partial charge in [-0.2, -0.15) is 0 Å². The molecule has 0 bridgehead atoms. The average molecular weight is 378 g/mol.